The predicted molar refractivity (Wildman–Crippen MR) is 114 cm³/mol. The Morgan fingerprint density at radius 3 is 2.24 bits per heavy atom. The number of likely N-dealkylation sites (tertiary alicyclic amines) is 2. The van der Waals surface area contributed by atoms with E-state index in [0.29, 0.717) is 12.0 Å². The molecule has 0 aliphatic carbocycles. The molecule has 29 heavy (non-hydrogen) atoms. The molecule has 2 aliphatic rings. The van der Waals surface area contributed by atoms with Crippen molar-refractivity contribution in [1.82, 2.24) is 19.4 Å². The molecular weight excluding hydrogens is 360 g/mol. The molecule has 5 rings (SSSR count). The van der Waals surface area contributed by atoms with Crippen LogP contribution in [0.25, 0.3) is 11.3 Å². The Morgan fingerprint density at radius 2 is 1.55 bits per heavy atom. The van der Waals surface area contributed by atoms with Gasteiger partial charge in [-0.3, -0.25) is 9.47 Å². The Hall–Kier alpha value is -2.92. The summed E-state index contributed by atoms with van der Waals surface area (Å²) in [5, 5.41) is 0. The SMILES string of the molecule is O=C(N1CC(N2CCC(c3ccccc3)CC2)C1)n1cnc(-c2ccccc2)c1. The molecule has 5 nitrogen and oxygen atoms in total. The van der Waals surface area contributed by atoms with Crippen molar-refractivity contribution in [2.45, 2.75) is 24.8 Å². The number of imidazole rings is 1. The van der Waals surface area contributed by atoms with E-state index in [1.165, 1.54) is 18.4 Å². The minimum atomic E-state index is 0.0232. The normalized spacial score (nSPS) is 18.6. The smallest absolute Gasteiger partial charge is 0.321 e. The average molecular weight is 386 g/mol. The summed E-state index contributed by atoms with van der Waals surface area (Å²) in [4.78, 5) is 21.6. The quantitative estimate of drug-likeness (QED) is 0.681. The van der Waals surface area contributed by atoms with Crippen LogP contribution in [-0.2, 0) is 0 Å². The average Bonchev–Trinajstić information content (AvgIpc) is 3.25. The maximum absolute atomic E-state index is 12.8. The molecule has 0 bridgehead atoms. The lowest BCUT2D eigenvalue weighted by molar-refractivity contribution is 0.0418. The number of nitrogens with zero attached hydrogens (tertiary/aromatic N) is 4. The molecule has 2 aromatic carbocycles. The van der Waals surface area contributed by atoms with E-state index >= 15 is 0 Å². The number of carbonyl (C=O) groups excluding carboxylic acids is 1. The summed E-state index contributed by atoms with van der Waals surface area (Å²) in [5.41, 5.74) is 3.33. The van der Waals surface area contributed by atoms with Crippen molar-refractivity contribution in [2.24, 2.45) is 0 Å². The van der Waals surface area contributed by atoms with E-state index in [9.17, 15) is 4.79 Å². The second kappa shape index (κ2) is 7.84. The van der Waals surface area contributed by atoms with Crippen LogP contribution in [-0.4, -0.2) is 57.6 Å². The lowest BCUT2D eigenvalue weighted by Crippen LogP contribution is -2.62. The first-order chi connectivity index (χ1) is 14.3. The maximum Gasteiger partial charge on any atom is 0.329 e. The van der Waals surface area contributed by atoms with Crippen molar-refractivity contribution in [3.63, 3.8) is 0 Å². The summed E-state index contributed by atoms with van der Waals surface area (Å²) in [6.07, 6.45) is 5.87. The van der Waals surface area contributed by atoms with Crippen molar-refractivity contribution < 1.29 is 4.79 Å². The molecule has 2 aliphatic heterocycles. The van der Waals surface area contributed by atoms with Crippen LogP contribution in [0.4, 0.5) is 4.79 Å². The fourth-order valence-corrected chi connectivity index (χ4v) is 4.51. The van der Waals surface area contributed by atoms with Crippen LogP contribution < -0.4 is 0 Å². The van der Waals surface area contributed by atoms with Gasteiger partial charge in [0.05, 0.1) is 5.69 Å². The molecule has 1 amide bonds. The summed E-state index contributed by atoms with van der Waals surface area (Å²) in [7, 11) is 0. The van der Waals surface area contributed by atoms with Gasteiger partial charge in [0.1, 0.15) is 6.33 Å². The van der Waals surface area contributed by atoms with Gasteiger partial charge in [-0.2, -0.15) is 0 Å². The van der Waals surface area contributed by atoms with Gasteiger partial charge in [0.15, 0.2) is 0 Å². The zero-order valence-electron chi connectivity index (χ0n) is 16.5. The standard InChI is InChI=1S/C24H26N4O/c29-24(28-17-23(25-18-28)21-9-5-2-6-10-21)27-15-22(16-27)26-13-11-20(12-14-26)19-7-3-1-4-8-19/h1-10,17-18,20,22H,11-16H2. The van der Waals surface area contributed by atoms with Crippen LogP contribution in [0.3, 0.4) is 0 Å². The molecule has 0 spiro atoms. The Morgan fingerprint density at radius 1 is 0.897 bits per heavy atom. The molecule has 3 heterocycles. The van der Waals surface area contributed by atoms with Crippen molar-refractivity contribution in [3.8, 4) is 11.3 Å². The Kier molecular flexibility index (Phi) is 4.90. The molecule has 0 saturated carbocycles. The summed E-state index contributed by atoms with van der Waals surface area (Å²) in [5.74, 6) is 0.674. The minimum absolute atomic E-state index is 0.0232. The lowest BCUT2D eigenvalue weighted by atomic mass is 9.88. The van der Waals surface area contributed by atoms with Gasteiger partial charge in [-0.1, -0.05) is 60.7 Å². The molecule has 3 aromatic rings. The fraction of sp³-hybridized carbons (Fsp3) is 0.333. The summed E-state index contributed by atoms with van der Waals surface area (Å²) in [6, 6.07) is 21.3. The topological polar surface area (TPSA) is 41.4 Å². The number of carbonyl (C=O) groups is 1. The largest absolute Gasteiger partial charge is 0.329 e. The Bertz CT molecular complexity index is 955. The van der Waals surface area contributed by atoms with Crippen molar-refractivity contribution in [3.05, 3.63) is 78.8 Å². The first-order valence-corrected chi connectivity index (χ1v) is 10.5. The second-order valence-electron chi connectivity index (χ2n) is 8.09. The number of hydrogen-bond acceptors (Lipinski definition) is 3. The number of amides is 1. The minimum Gasteiger partial charge on any atom is -0.321 e. The molecule has 0 atom stereocenters. The number of hydrogen-bond donors (Lipinski definition) is 0. The van der Waals surface area contributed by atoms with Gasteiger partial charge < -0.3 is 4.90 Å². The first kappa shape index (κ1) is 18.1. The van der Waals surface area contributed by atoms with Crippen LogP contribution >= 0.6 is 0 Å². The number of aromatic nitrogens is 2. The molecule has 0 radical (unpaired) electrons. The zero-order chi connectivity index (χ0) is 19.6. The highest BCUT2D eigenvalue weighted by molar-refractivity contribution is 5.79. The highest BCUT2D eigenvalue weighted by Gasteiger charge is 2.37. The van der Waals surface area contributed by atoms with E-state index in [0.717, 1.165) is 37.4 Å². The predicted octanol–water partition coefficient (Wildman–Crippen LogP) is 4.08. The van der Waals surface area contributed by atoms with E-state index in [1.807, 2.05) is 41.4 Å². The maximum atomic E-state index is 12.8. The number of rotatable bonds is 3. The molecule has 5 heteroatoms. The van der Waals surface area contributed by atoms with E-state index in [-0.39, 0.29) is 6.03 Å². The second-order valence-corrected chi connectivity index (χ2v) is 8.09. The molecule has 2 fully saturated rings. The van der Waals surface area contributed by atoms with E-state index in [4.69, 9.17) is 0 Å². The first-order valence-electron chi connectivity index (χ1n) is 10.5. The lowest BCUT2D eigenvalue weighted by Gasteiger charge is -2.47. The van der Waals surface area contributed by atoms with Crippen LogP contribution in [0.1, 0.15) is 24.3 Å². The van der Waals surface area contributed by atoms with Gasteiger partial charge in [0, 0.05) is 30.9 Å². The number of piperidine rings is 1. The van der Waals surface area contributed by atoms with Crippen LogP contribution in [0.2, 0.25) is 0 Å². The Balaban J connectivity index is 1.14. The van der Waals surface area contributed by atoms with Gasteiger partial charge in [-0.25, -0.2) is 9.78 Å². The van der Waals surface area contributed by atoms with E-state index in [2.05, 4.69) is 40.2 Å². The fourth-order valence-electron chi connectivity index (χ4n) is 4.51. The molecular formula is C24H26N4O. The van der Waals surface area contributed by atoms with Gasteiger partial charge in [-0.15, -0.1) is 0 Å². The highest BCUT2D eigenvalue weighted by Crippen LogP contribution is 2.30. The van der Waals surface area contributed by atoms with Crippen LogP contribution in [0.5, 0.6) is 0 Å². The van der Waals surface area contributed by atoms with Crippen LogP contribution in [0, 0.1) is 0 Å². The van der Waals surface area contributed by atoms with Gasteiger partial charge in [0.25, 0.3) is 0 Å². The Labute approximate surface area is 171 Å². The number of benzene rings is 2. The summed E-state index contributed by atoms with van der Waals surface area (Å²) in [6.45, 7) is 3.87. The van der Waals surface area contributed by atoms with E-state index in [1.54, 1.807) is 10.9 Å². The molecule has 2 saturated heterocycles. The van der Waals surface area contributed by atoms with Crippen molar-refractivity contribution in [2.75, 3.05) is 26.2 Å². The summed E-state index contributed by atoms with van der Waals surface area (Å²) >= 11 is 0. The van der Waals surface area contributed by atoms with Gasteiger partial charge in [0.2, 0.25) is 0 Å². The van der Waals surface area contributed by atoms with Crippen LogP contribution in [0.15, 0.2) is 73.2 Å². The highest BCUT2D eigenvalue weighted by atomic mass is 16.2. The zero-order valence-corrected chi connectivity index (χ0v) is 16.5. The third-order valence-corrected chi connectivity index (χ3v) is 6.32. The third-order valence-electron chi connectivity index (χ3n) is 6.32. The van der Waals surface area contributed by atoms with Gasteiger partial charge >= 0.3 is 6.03 Å². The molecule has 1 aromatic heterocycles. The molecule has 148 valence electrons. The van der Waals surface area contributed by atoms with Gasteiger partial charge in [-0.05, 0) is 37.4 Å². The van der Waals surface area contributed by atoms with E-state index < -0.39 is 0 Å². The monoisotopic (exact) mass is 386 g/mol. The van der Waals surface area contributed by atoms with Crippen molar-refractivity contribution >= 4 is 6.03 Å². The van der Waals surface area contributed by atoms with Crippen molar-refractivity contribution in [1.29, 1.82) is 0 Å². The molecule has 0 unspecified atom stereocenters. The summed E-state index contributed by atoms with van der Waals surface area (Å²) < 4.78 is 1.61. The third kappa shape index (κ3) is 3.70. The molecule has 0 N–H and O–H groups in total.